The quantitative estimate of drug-likeness (QED) is 0.363. The number of hydrogen-bond acceptors (Lipinski definition) is 5. The van der Waals surface area contributed by atoms with Gasteiger partial charge in [0.1, 0.15) is 11.7 Å². The van der Waals surface area contributed by atoms with Crippen molar-refractivity contribution in [2.45, 2.75) is 38.2 Å². The molecule has 4 aromatic heterocycles. The number of amides is 1. The number of anilines is 1. The summed E-state index contributed by atoms with van der Waals surface area (Å²) in [6.45, 7) is 1.82. The van der Waals surface area contributed by atoms with E-state index >= 15 is 0 Å². The average Bonchev–Trinajstić information content (AvgIpc) is 3.32. The van der Waals surface area contributed by atoms with Crippen LogP contribution in [0.1, 0.15) is 35.8 Å². The van der Waals surface area contributed by atoms with E-state index in [1.165, 1.54) is 24.7 Å². The van der Waals surface area contributed by atoms with Crippen LogP contribution in [0, 0.1) is 0 Å². The third-order valence-corrected chi connectivity index (χ3v) is 5.39. The lowest BCUT2D eigenvalue weighted by Crippen LogP contribution is -2.33. The number of fused-ring (bicyclic) bond motifs is 2. The zero-order valence-electron chi connectivity index (χ0n) is 17.6. The highest BCUT2D eigenvalue weighted by Gasteiger charge is 2.41. The Morgan fingerprint density at radius 3 is 2.50 bits per heavy atom. The summed E-state index contributed by atoms with van der Waals surface area (Å²) in [5.41, 5.74) is 5.82. The molecule has 4 rings (SSSR count). The van der Waals surface area contributed by atoms with Gasteiger partial charge in [-0.05, 0) is 31.5 Å². The van der Waals surface area contributed by atoms with E-state index in [1.54, 1.807) is 6.07 Å². The summed E-state index contributed by atoms with van der Waals surface area (Å²) in [5, 5.41) is 6.52. The predicted molar refractivity (Wildman–Crippen MR) is 110 cm³/mol. The number of pyridine rings is 1. The van der Waals surface area contributed by atoms with Crippen LogP contribution < -0.4 is 11.1 Å². The van der Waals surface area contributed by atoms with Crippen molar-refractivity contribution in [2.24, 2.45) is 5.73 Å². The second-order valence-corrected chi connectivity index (χ2v) is 7.70. The summed E-state index contributed by atoms with van der Waals surface area (Å²) < 4.78 is 79.3. The maximum atomic E-state index is 13.3. The minimum atomic E-state index is -4.63. The number of halogens is 6. The lowest BCUT2D eigenvalue weighted by Gasteiger charge is -2.16. The van der Waals surface area contributed by atoms with E-state index < -0.39 is 35.9 Å². The Kier molecular flexibility index (Phi) is 5.41. The van der Waals surface area contributed by atoms with E-state index in [9.17, 15) is 31.1 Å². The van der Waals surface area contributed by atoms with E-state index in [0.717, 1.165) is 18.4 Å². The lowest BCUT2D eigenvalue weighted by molar-refractivity contribution is -0.147. The van der Waals surface area contributed by atoms with Gasteiger partial charge in [-0.15, -0.1) is 0 Å². The largest absolute Gasteiger partial charge is 0.408 e. The maximum Gasteiger partial charge on any atom is 0.408 e. The SMILES string of the molecule is C[C@H](Nc1ncc2c(-c3ccn4nc([C@@H](C)C(F)(F)F)c(C(N)=O)c4c3)c[nH]c2n1)C(F)(F)F. The topological polar surface area (TPSA) is 114 Å². The molecule has 180 valence electrons. The van der Waals surface area contributed by atoms with Crippen LogP contribution in [0.3, 0.4) is 0 Å². The standard InChI is InChI=1S/C20H17F6N7O/c1-8(19(21,22)23)15-14(16(27)34)13-5-10(3-4-33(13)32-15)11-6-28-17-12(11)7-29-18(31-17)30-9(2)20(24,25)26/h3-9H,1-2H3,(H2,27,34)(H2,28,29,30,31)/t8-,9+/m1/s1. The Balaban J connectivity index is 1.77. The summed E-state index contributed by atoms with van der Waals surface area (Å²) in [4.78, 5) is 22.8. The van der Waals surface area contributed by atoms with E-state index in [0.29, 0.717) is 16.5 Å². The fraction of sp³-hybridized carbons (Fsp3) is 0.300. The van der Waals surface area contributed by atoms with Gasteiger partial charge in [-0.25, -0.2) is 9.50 Å². The van der Waals surface area contributed by atoms with Gasteiger partial charge >= 0.3 is 12.4 Å². The van der Waals surface area contributed by atoms with E-state index in [2.05, 4.69) is 25.4 Å². The molecule has 0 fully saturated rings. The maximum absolute atomic E-state index is 13.3. The second kappa shape index (κ2) is 7.88. The van der Waals surface area contributed by atoms with Crippen molar-refractivity contribution >= 4 is 28.4 Å². The van der Waals surface area contributed by atoms with E-state index in [-0.39, 0.29) is 22.7 Å². The number of alkyl halides is 6. The molecule has 0 aliphatic rings. The smallest absolute Gasteiger partial charge is 0.365 e. The van der Waals surface area contributed by atoms with Crippen LogP contribution in [0.2, 0.25) is 0 Å². The Hall–Kier alpha value is -3.84. The first-order valence-corrected chi connectivity index (χ1v) is 9.84. The van der Waals surface area contributed by atoms with Gasteiger partial charge in [-0.2, -0.15) is 36.4 Å². The molecule has 0 spiro atoms. The number of nitrogens with zero attached hydrogens (tertiary/aromatic N) is 4. The highest BCUT2D eigenvalue weighted by molar-refractivity contribution is 6.02. The molecule has 1 amide bonds. The highest BCUT2D eigenvalue weighted by atomic mass is 19.4. The summed E-state index contributed by atoms with van der Waals surface area (Å²) in [5.74, 6) is -3.32. The molecule has 4 heterocycles. The number of aromatic nitrogens is 5. The molecule has 8 nitrogen and oxygen atoms in total. The highest BCUT2D eigenvalue weighted by Crippen LogP contribution is 2.37. The molecule has 2 atom stereocenters. The van der Waals surface area contributed by atoms with Crippen LogP contribution in [-0.4, -0.2) is 48.9 Å². The summed E-state index contributed by atoms with van der Waals surface area (Å²) in [6, 6.07) is 1.12. The number of carbonyl (C=O) groups is 1. The molecule has 4 aromatic rings. The van der Waals surface area contributed by atoms with E-state index in [1.807, 2.05) is 0 Å². The van der Waals surface area contributed by atoms with Crippen LogP contribution >= 0.6 is 0 Å². The second-order valence-electron chi connectivity index (χ2n) is 7.70. The molecule has 34 heavy (non-hydrogen) atoms. The molecule has 0 saturated heterocycles. The van der Waals surface area contributed by atoms with Crippen molar-refractivity contribution in [3.05, 3.63) is 42.0 Å². The predicted octanol–water partition coefficient (Wildman–Crippen LogP) is 4.40. The number of aromatic amines is 1. The van der Waals surface area contributed by atoms with Crippen LogP contribution in [0.25, 0.3) is 27.7 Å². The molecule has 0 bridgehead atoms. The van der Waals surface area contributed by atoms with Crippen molar-refractivity contribution in [1.82, 2.24) is 24.6 Å². The van der Waals surface area contributed by atoms with Gasteiger partial charge in [0.2, 0.25) is 5.95 Å². The minimum absolute atomic E-state index is 0.0728. The van der Waals surface area contributed by atoms with Gasteiger partial charge in [-0.1, -0.05) is 0 Å². The van der Waals surface area contributed by atoms with Crippen LogP contribution in [0.5, 0.6) is 0 Å². The molecule has 4 N–H and O–H groups in total. The Morgan fingerprint density at radius 2 is 1.88 bits per heavy atom. The number of carbonyl (C=O) groups excluding carboxylic acids is 1. The number of rotatable bonds is 5. The minimum Gasteiger partial charge on any atom is -0.365 e. The molecule has 0 aromatic carbocycles. The fourth-order valence-corrected chi connectivity index (χ4v) is 3.43. The number of primary amides is 1. The Labute approximate surface area is 187 Å². The third kappa shape index (κ3) is 4.10. The van der Waals surface area contributed by atoms with Crippen molar-refractivity contribution in [2.75, 3.05) is 5.32 Å². The molecule has 0 aliphatic heterocycles. The van der Waals surface area contributed by atoms with E-state index in [4.69, 9.17) is 5.73 Å². The van der Waals surface area contributed by atoms with Crippen molar-refractivity contribution < 1.29 is 31.1 Å². The first kappa shape index (κ1) is 23.3. The molecule has 0 radical (unpaired) electrons. The zero-order chi connectivity index (χ0) is 25.0. The van der Waals surface area contributed by atoms with Crippen LogP contribution in [0.4, 0.5) is 32.3 Å². The molecule has 0 aliphatic carbocycles. The monoisotopic (exact) mass is 485 g/mol. The number of hydrogen-bond donors (Lipinski definition) is 3. The van der Waals surface area contributed by atoms with Gasteiger partial charge in [-0.3, -0.25) is 4.79 Å². The first-order chi connectivity index (χ1) is 15.8. The first-order valence-electron chi connectivity index (χ1n) is 9.84. The van der Waals surface area contributed by atoms with Crippen LogP contribution in [-0.2, 0) is 0 Å². The average molecular weight is 485 g/mol. The molecule has 0 unspecified atom stereocenters. The normalized spacial score (nSPS) is 14.5. The lowest BCUT2D eigenvalue weighted by atomic mass is 10.0. The molecule has 0 saturated carbocycles. The van der Waals surface area contributed by atoms with Gasteiger partial charge in [0.05, 0.1) is 22.7 Å². The fourth-order valence-electron chi connectivity index (χ4n) is 3.43. The van der Waals surface area contributed by atoms with Gasteiger partial charge in [0, 0.05) is 29.5 Å². The van der Waals surface area contributed by atoms with Crippen LogP contribution in [0.15, 0.2) is 30.7 Å². The molecular formula is C20H17F6N7O. The van der Waals surface area contributed by atoms with Crippen molar-refractivity contribution in [3.8, 4) is 11.1 Å². The van der Waals surface area contributed by atoms with Crippen molar-refractivity contribution in [3.63, 3.8) is 0 Å². The Bertz CT molecular complexity index is 1390. The number of nitrogens with two attached hydrogens (primary N) is 1. The summed E-state index contributed by atoms with van der Waals surface area (Å²) in [7, 11) is 0. The molecule has 14 heteroatoms. The third-order valence-electron chi connectivity index (χ3n) is 5.39. The Morgan fingerprint density at radius 1 is 1.18 bits per heavy atom. The summed E-state index contributed by atoms with van der Waals surface area (Å²) >= 11 is 0. The van der Waals surface area contributed by atoms with Crippen molar-refractivity contribution in [1.29, 1.82) is 0 Å². The van der Waals surface area contributed by atoms with Gasteiger partial charge in [0.25, 0.3) is 5.91 Å². The zero-order valence-corrected chi connectivity index (χ0v) is 17.6. The van der Waals surface area contributed by atoms with Gasteiger partial charge < -0.3 is 16.0 Å². The van der Waals surface area contributed by atoms with Gasteiger partial charge in [0.15, 0.2) is 0 Å². The molecular weight excluding hydrogens is 468 g/mol. The number of nitrogens with one attached hydrogen (secondary N) is 2. The number of H-pyrrole nitrogens is 1. The summed E-state index contributed by atoms with van der Waals surface area (Å²) in [6.07, 6.45) is -4.91.